The van der Waals surface area contributed by atoms with E-state index in [1.165, 1.54) is 6.07 Å². The third-order valence-electron chi connectivity index (χ3n) is 1.85. The minimum Gasteiger partial charge on any atom is -0.291 e. The Kier molecular flexibility index (Phi) is 4.11. The monoisotopic (exact) mass is 290 g/mol. The van der Waals surface area contributed by atoms with E-state index in [-0.39, 0.29) is 16.6 Å². The fourth-order valence-electron chi connectivity index (χ4n) is 1.27. The van der Waals surface area contributed by atoms with Crippen LogP contribution in [0.15, 0.2) is 21.9 Å². The van der Waals surface area contributed by atoms with E-state index in [4.69, 9.17) is 11.6 Å². The molecule has 0 unspecified atom stereocenters. The standard InChI is InChI=1S/C10H12BrClN2O/c1-6(2)10-13-8(12)4-9(15)14(10)5-7(3)11/h4,6H,3,5H2,1-2H3. The average molecular weight is 292 g/mol. The zero-order valence-electron chi connectivity index (χ0n) is 8.63. The summed E-state index contributed by atoms with van der Waals surface area (Å²) in [5.41, 5.74) is -0.153. The van der Waals surface area contributed by atoms with Crippen LogP contribution in [-0.4, -0.2) is 9.55 Å². The van der Waals surface area contributed by atoms with E-state index in [0.29, 0.717) is 12.4 Å². The number of aromatic nitrogens is 2. The number of rotatable bonds is 3. The van der Waals surface area contributed by atoms with Crippen molar-refractivity contribution in [3.05, 3.63) is 38.5 Å². The van der Waals surface area contributed by atoms with Crippen LogP contribution < -0.4 is 5.56 Å². The van der Waals surface area contributed by atoms with Crippen molar-refractivity contribution in [3.63, 3.8) is 0 Å². The summed E-state index contributed by atoms with van der Waals surface area (Å²) in [6.45, 7) is 8.05. The van der Waals surface area contributed by atoms with E-state index < -0.39 is 0 Å². The van der Waals surface area contributed by atoms with Crippen molar-refractivity contribution >= 4 is 27.5 Å². The van der Waals surface area contributed by atoms with E-state index in [1.807, 2.05) is 13.8 Å². The molecule has 0 atom stereocenters. The molecule has 0 spiro atoms. The van der Waals surface area contributed by atoms with Crippen molar-refractivity contribution in [1.82, 2.24) is 9.55 Å². The lowest BCUT2D eigenvalue weighted by atomic mass is 10.2. The largest absolute Gasteiger partial charge is 0.291 e. The molecule has 0 amide bonds. The number of allylic oxidation sites excluding steroid dienone is 1. The molecule has 0 radical (unpaired) electrons. The summed E-state index contributed by atoms with van der Waals surface area (Å²) in [6.07, 6.45) is 0. The van der Waals surface area contributed by atoms with Gasteiger partial charge in [-0.3, -0.25) is 9.36 Å². The lowest BCUT2D eigenvalue weighted by Crippen LogP contribution is -2.25. The molecular weight excluding hydrogens is 279 g/mol. The maximum absolute atomic E-state index is 11.7. The minimum atomic E-state index is -0.153. The summed E-state index contributed by atoms with van der Waals surface area (Å²) in [7, 11) is 0. The summed E-state index contributed by atoms with van der Waals surface area (Å²) in [4.78, 5) is 15.8. The van der Waals surface area contributed by atoms with Crippen LogP contribution in [0.1, 0.15) is 25.6 Å². The van der Waals surface area contributed by atoms with Crippen molar-refractivity contribution in [2.24, 2.45) is 0 Å². The van der Waals surface area contributed by atoms with Crippen molar-refractivity contribution in [2.75, 3.05) is 0 Å². The summed E-state index contributed by atoms with van der Waals surface area (Å²) < 4.78 is 2.30. The van der Waals surface area contributed by atoms with Crippen molar-refractivity contribution in [1.29, 1.82) is 0 Å². The lowest BCUT2D eigenvalue weighted by Gasteiger charge is -2.13. The first-order chi connectivity index (χ1) is 6.91. The third kappa shape index (κ3) is 3.18. The predicted octanol–water partition coefficient (Wildman–Crippen LogP) is 2.93. The normalized spacial score (nSPS) is 10.7. The molecule has 0 bridgehead atoms. The highest BCUT2D eigenvalue weighted by molar-refractivity contribution is 9.11. The van der Waals surface area contributed by atoms with Crippen LogP contribution in [0.3, 0.4) is 0 Å². The predicted molar refractivity (Wildman–Crippen MR) is 65.7 cm³/mol. The summed E-state index contributed by atoms with van der Waals surface area (Å²) in [6, 6.07) is 1.31. The summed E-state index contributed by atoms with van der Waals surface area (Å²) in [5.74, 6) is 0.816. The molecule has 0 aliphatic rings. The van der Waals surface area contributed by atoms with Crippen LogP contribution in [0.2, 0.25) is 5.15 Å². The number of hydrogen-bond acceptors (Lipinski definition) is 2. The van der Waals surface area contributed by atoms with Gasteiger partial charge in [-0.15, -0.1) is 0 Å². The van der Waals surface area contributed by atoms with Gasteiger partial charge in [-0.2, -0.15) is 0 Å². The molecule has 0 aromatic carbocycles. The van der Waals surface area contributed by atoms with E-state index >= 15 is 0 Å². The Hall–Kier alpha value is -0.610. The minimum absolute atomic E-state index is 0.142. The summed E-state index contributed by atoms with van der Waals surface area (Å²) >= 11 is 8.98. The van der Waals surface area contributed by atoms with Crippen LogP contribution >= 0.6 is 27.5 Å². The Morgan fingerprint density at radius 2 is 2.33 bits per heavy atom. The zero-order chi connectivity index (χ0) is 11.6. The van der Waals surface area contributed by atoms with E-state index in [0.717, 1.165) is 4.48 Å². The second-order valence-electron chi connectivity index (χ2n) is 3.53. The molecule has 5 heteroatoms. The third-order valence-corrected chi connectivity index (χ3v) is 2.30. The van der Waals surface area contributed by atoms with Gasteiger partial charge >= 0.3 is 0 Å². The Bertz CT molecular complexity index is 440. The molecule has 0 saturated heterocycles. The van der Waals surface area contributed by atoms with Gasteiger partial charge in [-0.05, 0) is 0 Å². The molecule has 1 heterocycles. The van der Waals surface area contributed by atoms with E-state index in [1.54, 1.807) is 4.57 Å². The molecule has 1 aromatic heterocycles. The fourth-order valence-corrected chi connectivity index (χ4v) is 1.70. The lowest BCUT2D eigenvalue weighted by molar-refractivity contribution is 0.631. The molecule has 82 valence electrons. The van der Waals surface area contributed by atoms with E-state index in [2.05, 4.69) is 27.5 Å². The molecule has 0 aliphatic heterocycles. The molecule has 3 nitrogen and oxygen atoms in total. The molecule has 0 N–H and O–H groups in total. The molecular formula is C10H12BrClN2O. The van der Waals surface area contributed by atoms with Gasteiger partial charge in [0.15, 0.2) is 0 Å². The van der Waals surface area contributed by atoms with Gasteiger partial charge in [-0.25, -0.2) is 4.98 Å². The van der Waals surface area contributed by atoms with Crippen molar-refractivity contribution < 1.29 is 0 Å². The first-order valence-corrected chi connectivity index (χ1v) is 5.69. The number of nitrogens with zero attached hydrogens (tertiary/aromatic N) is 2. The number of hydrogen-bond donors (Lipinski definition) is 0. The van der Waals surface area contributed by atoms with Crippen LogP contribution in [0.25, 0.3) is 0 Å². The summed E-state index contributed by atoms with van der Waals surface area (Å²) in [5, 5.41) is 0.236. The quantitative estimate of drug-likeness (QED) is 0.803. The van der Waals surface area contributed by atoms with Gasteiger partial charge in [0.25, 0.3) is 5.56 Å². The average Bonchev–Trinajstić information content (AvgIpc) is 2.08. The van der Waals surface area contributed by atoms with Crippen LogP contribution in [0.4, 0.5) is 0 Å². The van der Waals surface area contributed by atoms with Crippen LogP contribution in [-0.2, 0) is 6.54 Å². The Morgan fingerprint density at radius 1 is 1.73 bits per heavy atom. The van der Waals surface area contributed by atoms with Gasteiger partial charge < -0.3 is 0 Å². The maximum atomic E-state index is 11.7. The topological polar surface area (TPSA) is 34.9 Å². The van der Waals surface area contributed by atoms with E-state index in [9.17, 15) is 4.79 Å². The second-order valence-corrected chi connectivity index (χ2v) is 5.04. The molecule has 0 aliphatic carbocycles. The maximum Gasteiger partial charge on any atom is 0.255 e. The molecule has 15 heavy (non-hydrogen) atoms. The van der Waals surface area contributed by atoms with Crippen LogP contribution in [0, 0.1) is 0 Å². The highest BCUT2D eigenvalue weighted by Gasteiger charge is 2.11. The second kappa shape index (κ2) is 4.94. The smallest absolute Gasteiger partial charge is 0.255 e. The molecule has 1 rings (SSSR count). The van der Waals surface area contributed by atoms with Gasteiger partial charge in [0.05, 0.1) is 6.54 Å². The molecule has 0 fully saturated rings. The molecule has 0 saturated carbocycles. The van der Waals surface area contributed by atoms with Gasteiger partial charge in [-0.1, -0.05) is 48.0 Å². The van der Waals surface area contributed by atoms with Crippen molar-refractivity contribution in [3.8, 4) is 0 Å². The van der Waals surface area contributed by atoms with Crippen molar-refractivity contribution in [2.45, 2.75) is 26.3 Å². The van der Waals surface area contributed by atoms with Gasteiger partial charge in [0.2, 0.25) is 0 Å². The highest BCUT2D eigenvalue weighted by atomic mass is 79.9. The van der Waals surface area contributed by atoms with Gasteiger partial charge in [0, 0.05) is 16.5 Å². The Morgan fingerprint density at radius 3 is 2.80 bits per heavy atom. The first-order valence-electron chi connectivity index (χ1n) is 4.52. The zero-order valence-corrected chi connectivity index (χ0v) is 11.0. The Labute approximate surface area is 102 Å². The SMILES string of the molecule is C=C(Br)Cn1c(C(C)C)nc(Cl)cc1=O. The first kappa shape index (κ1) is 12.5. The Balaban J connectivity index is 3.33. The highest BCUT2D eigenvalue weighted by Crippen LogP contribution is 2.14. The fraction of sp³-hybridized carbons (Fsp3) is 0.400. The number of halogens is 2. The van der Waals surface area contributed by atoms with Gasteiger partial charge in [0.1, 0.15) is 11.0 Å². The van der Waals surface area contributed by atoms with Crippen LogP contribution in [0.5, 0.6) is 0 Å². The molecule has 1 aromatic rings.